The zero-order chi connectivity index (χ0) is 11.5. The summed E-state index contributed by atoms with van der Waals surface area (Å²) >= 11 is 1.70. The Labute approximate surface area is 100 Å². The minimum atomic E-state index is 0.800. The molecule has 1 N–H and O–H groups in total. The van der Waals surface area contributed by atoms with Gasteiger partial charge in [0.05, 0.1) is 17.2 Å². The SMILES string of the molecule is Cc1nc(CNc2cccc(C)c2C)cs1. The normalized spacial score (nSPS) is 10.4. The maximum atomic E-state index is 4.43. The van der Waals surface area contributed by atoms with E-state index < -0.39 is 0 Å². The first kappa shape index (κ1) is 11.1. The average Bonchev–Trinajstić information content (AvgIpc) is 2.67. The Bertz CT molecular complexity index is 488. The van der Waals surface area contributed by atoms with Gasteiger partial charge in [-0.15, -0.1) is 11.3 Å². The van der Waals surface area contributed by atoms with Gasteiger partial charge in [-0.2, -0.15) is 0 Å². The van der Waals surface area contributed by atoms with Crippen molar-refractivity contribution in [2.24, 2.45) is 0 Å². The third kappa shape index (κ3) is 2.42. The molecule has 0 unspecified atom stereocenters. The van der Waals surface area contributed by atoms with E-state index in [9.17, 15) is 0 Å². The molecule has 0 bridgehead atoms. The molecule has 0 aliphatic rings. The summed E-state index contributed by atoms with van der Waals surface area (Å²) in [5.41, 5.74) is 4.95. The van der Waals surface area contributed by atoms with Crippen LogP contribution in [0.15, 0.2) is 23.6 Å². The Morgan fingerprint density at radius 1 is 1.25 bits per heavy atom. The minimum Gasteiger partial charge on any atom is -0.379 e. The number of hydrogen-bond donors (Lipinski definition) is 1. The molecule has 2 nitrogen and oxygen atoms in total. The number of hydrogen-bond acceptors (Lipinski definition) is 3. The fourth-order valence-electron chi connectivity index (χ4n) is 1.62. The molecule has 0 aliphatic carbocycles. The number of nitrogens with zero attached hydrogens (tertiary/aromatic N) is 1. The number of anilines is 1. The highest BCUT2D eigenvalue weighted by molar-refractivity contribution is 7.09. The van der Waals surface area contributed by atoms with E-state index in [0.29, 0.717) is 0 Å². The van der Waals surface area contributed by atoms with E-state index in [0.717, 1.165) is 17.2 Å². The van der Waals surface area contributed by atoms with Crippen molar-refractivity contribution in [2.45, 2.75) is 27.3 Å². The predicted octanol–water partition coefficient (Wildman–Crippen LogP) is 3.68. The molecular formula is C13H16N2S. The summed E-state index contributed by atoms with van der Waals surface area (Å²) in [5.74, 6) is 0. The third-order valence-corrected chi connectivity index (χ3v) is 3.55. The van der Waals surface area contributed by atoms with Crippen molar-refractivity contribution < 1.29 is 0 Å². The lowest BCUT2D eigenvalue weighted by Crippen LogP contribution is -2.02. The van der Waals surface area contributed by atoms with E-state index in [1.807, 2.05) is 6.92 Å². The van der Waals surface area contributed by atoms with E-state index >= 15 is 0 Å². The van der Waals surface area contributed by atoms with Crippen LogP contribution in [-0.2, 0) is 6.54 Å². The van der Waals surface area contributed by atoms with Gasteiger partial charge in [0.1, 0.15) is 0 Å². The molecule has 0 saturated carbocycles. The van der Waals surface area contributed by atoms with E-state index in [4.69, 9.17) is 0 Å². The molecule has 0 atom stereocenters. The van der Waals surface area contributed by atoms with Crippen LogP contribution < -0.4 is 5.32 Å². The van der Waals surface area contributed by atoms with Crippen LogP contribution in [0, 0.1) is 20.8 Å². The van der Waals surface area contributed by atoms with Gasteiger partial charge >= 0.3 is 0 Å². The molecule has 0 amide bonds. The zero-order valence-electron chi connectivity index (χ0n) is 9.87. The topological polar surface area (TPSA) is 24.9 Å². The lowest BCUT2D eigenvalue weighted by Gasteiger charge is -2.10. The number of nitrogens with one attached hydrogen (secondary N) is 1. The molecule has 2 aromatic rings. The van der Waals surface area contributed by atoms with Crippen molar-refractivity contribution >= 4 is 17.0 Å². The van der Waals surface area contributed by atoms with Crippen LogP contribution in [0.5, 0.6) is 0 Å². The summed E-state index contributed by atoms with van der Waals surface area (Å²) in [4.78, 5) is 4.43. The fourth-order valence-corrected chi connectivity index (χ4v) is 2.23. The van der Waals surface area contributed by atoms with Crippen LogP contribution >= 0.6 is 11.3 Å². The van der Waals surface area contributed by atoms with Crippen LogP contribution in [-0.4, -0.2) is 4.98 Å². The van der Waals surface area contributed by atoms with E-state index in [-0.39, 0.29) is 0 Å². The number of rotatable bonds is 3. The lowest BCUT2D eigenvalue weighted by atomic mass is 10.1. The molecule has 0 saturated heterocycles. The van der Waals surface area contributed by atoms with Gasteiger partial charge in [-0.3, -0.25) is 0 Å². The summed E-state index contributed by atoms with van der Waals surface area (Å²) in [6.45, 7) is 7.11. The van der Waals surface area contributed by atoms with Gasteiger partial charge in [0, 0.05) is 11.1 Å². The molecule has 1 aromatic heterocycles. The molecule has 1 aromatic carbocycles. The standard InChI is InChI=1S/C13H16N2S/c1-9-5-4-6-13(10(9)2)14-7-12-8-16-11(3)15-12/h4-6,8,14H,7H2,1-3H3. The molecule has 84 valence electrons. The fraction of sp³-hybridized carbons (Fsp3) is 0.308. The Balaban J connectivity index is 2.07. The van der Waals surface area contributed by atoms with Crippen LogP contribution in [0.4, 0.5) is 5.69 Å². The van der Waals surface area contributed by atoms with Gasteiger partial charge in [0.2, 0.25) is 0 Å². The third-order valence-electron chi connectivity index (χ3n) is 2.73. The molecule has 1 heterocycles. The van der Waals surface area contributed by atoms with Crippen LogP contribution in [0.2, 0.25) is 0 Å². The second-order valence-electron chi connectivity index (χ2n) is 3.96. The van der Waals surface area contributed by atoms with Crippen LogP contribution in [0.3, 0.4) is 0 Å². The maximum Gasteiger partial charge on any atom is 0.0898 e. The van der Waals surface area contributed by atoms with Crippen molar-refractivity contribution in [1.82, 2.24) is 4.98 Å². The maximum absolute atomic E-state index is 4.43. The zero-order valence-corrected chi connectivity index (χ0v) is 10.7. The average molecular weight is 232 g/mol. The van der Waals surface area contributed by atoms with Crippen molar-refractivity contribution in [3.05, 3.63) is 45.4 Å². The largest absolute Gasteiger partial charge is 0.379 e. The highest BCUT2D eigenvalue weighted by atomic mass is 32.1. The van der Waals surface area contributed by atoms with Crippen LogP contribution in [0.1, 0.15) is 21.8 Å². The molecule has 16 heavy (non-hydrogen) atoms. The Kier molecular flexibility index (Phi) is 3.25. The summed E-state index contributed by atoms with van der Waals surface area (Å²) in [6, 6.07) is 6.33. The van der Waals surface area contributed by atoms with Gasteiger partial charge in [-0.25, -0.2) is 4.98 Å². The second-order valence-corrected chi connectivity index (χ2v) is 5.02. The van der Waals surface area contributed by atoms with Crippen molar-refractivity contribution in [3.8, 4) is 0 Å². The van der Waals surface area contributed by atoms with Gasteiger partial charge in [0.15, 0.2) is 0 Å². The predicted molar refractivity (Wildman–Crippen MR) is 70.1 cm³/mol. The Morgan fingerprint density at radius 3 is 2.75 bits per heavy atom. The quantitative estimate of drug-likeness (QED) is 0.873. The van der Waals surface area contributed by atoms with Crippen molar-refractivity contribution in [3.63, 3.8) is 0 Å². The van der Waals surface area contributed by atoms with Crippen molar-refractivity contribution in [2.75, 3.05) is 5.32 Å². The minimum absolute atomic E-state index is 0.800. The Morgan fingerprint density at radius 2 is 2.06 bits per heavy atom. The first-order chi connectivity index (χ1) is 7.66. The van der Waals surface area contributed by atoms with E-state index in [1.54, 1.807) is 11.3 Å². The number of benzene rings is 1. The summed E-state index contributed by atoms with van der Waals surface area (Å²) < 4.78 is 0. The van der Waals surface area contributed by atoms with E-state index in [1.165, 1.54) is 16.8 Å². The summed E-state index contributed by atoms with van der Waals surface area (Å²) in [5, 5.41) is 6.66. The molecular weight excluding hydrogens is 216 g/mol. The molecule has 0 spiro atoms. The smallest absolute Gasteiger partial charge is 0.0898 e. The highest BCUT2D eigenvalue weighted by Crippen LogP contribution is 2.19. The van der Waals surface area contributed by atoms with Gasteiger partial charge in [0.25, 0.3) is 0 Å². The summed E-state index contributed by atoms with van der Waals surface area (Å²) in [6.07, 6.45) is 0. The lowest BCUT2D eigenvalue weighted by molar-refractivity contribution is 1.05. The van der Waals surface area contributed by atoms with Gasteiger partial charge in [-0.05, 0) is 38.0 Å². The first-order valence-electron chi connectivity index (χ1n) is 5.38. The molecule has 2 rings (SSSR count). The van der Waals surface area contributed by atoms with Crippen molar-refractivity contribution in [1.29, 1.82) is 0 Å². The summed E-state index contributed by atoms with van der Waals surface area (Å²) in [7, 11) is 0. The number of thiazole rings is 1. The van der Waals surface area contributed by atoms with E-state index in [2.05, 4.69) is 47.7 Å². The first-order valence-corrected chi connectivity index (χ1v) is 6.26. The van der Waals surface area contributed by atoms with Gasteiger partial charge in [-0.1, -0.05) is 12.1 Å². The number of aryl methyl sites for hydroxylation is 2. The highest BCUT2D eigenvalue weighted by Gasteiger charge is 2.01. The molecule has 3 heteroatoms. The number of aromatic nitrogens is 1. The second kappa shape index (κ2) is 4.66. The van der Waals surface area contributed by atoms with Gasteiger partial charge < -0.3 is 5.32 Å². The molecule has 0 radical (unpaired) electrons. The Hall–Kier alpha value is -1.35. The van der Waals surface area contributed by atoms with Crippen LogP contribution in [0.25, 0.3) is 0 Å². The molecule has 0 fully saturated rings. The monoisotopic (exact) mass is 232 g/mol. The molecule has 0 aliphatic heterocycles.